The zero-order valence-electron chi connectivity index (χ0n) is 14.0. The van der Waals surface area contributed by atoms with Gasteiger partial charge in [0.25, 0.3) is 5.91 Å². The summed E-state index contributed by atoms with van der Waals surface area (Å²) in [7, 11) is 0. The summed E-state index contributed by atoms with van der Waals surface area (Å²) in [5.41, 5.74) is 0.226. The van der Waals surface area contributed by atoms with Gasteiger partial charge in [-0.15, -0.1) is 0 Å². The molecule has 0 bridgehead atoms. The van der Waals surface area contributed by atoms with Crippen LogP contribution in [0, 0.1) is 5.82 Å². The molecule has 24 heavy (non-hydrogen) atoms. The van der Waals surface area contributed by atoms with Gasteiger partial charge in [0.05, 0.1) is 23.5 Å². The molecule has 0 spiro atoms. The summed E-state index contributed by atoms with van der Waals surface area (Å²) in [4.78, 5) is 16.1. The van der Waals surface area contributed by atoms with Crippen molar-refractivity contribution in [1.29, 1.82) is 0 Å². The summed E-state index contributed by atoms with van der Waals surface area (Å²) < 4.78 is 24.5. The van der Waals surface area contributed by atoms with E-state index in [-0.39, 0.29) is 11.3 Å². The van der Waals surface area contributed by atoms with Gasteiger partial charge in [0.2, 0.25) is 5.88 Å². The van der Waals surface area contributed by atoms with Gasteiger partial charge in [0.15, 0.2) is 0 Å². The number of para-hydroxylation sites is 1. The summed E-state index contributed by atoms with van der Waals surface area (Å²) in [5, 5.41) is 2.50. The first-order valence-electron chi connectivity index (χ1n) is 7.64. The van der Waals surface area contributed by atoms with Gasteiger partial charge in [-0.3, -0.25) is 4.79 Å². The first-order chi connectivity index (χ1) is 11.3. The van der Waals surface area contributed by atoms with Crippen LogP contribution in [0.15, 0.2) is 42.6 Å². The largest absolute Gasteiger partial charge is 0.475 e. The van der Waals surface area contributed by atoms with Gasteiger partial charge in [0, 0.05) is 12.3 Å². The van der Waals surface area contributed by atoms with E-state index < -0.39 is 11.7 Å². The first-order valence-corrected chi connectivity index (χ1v) is 7.64. The third-order valence-corrected chi connectivity index (χ3v) is 2.99. The smallest absolute Gasteiger partial charge is 0.257 e. The van der Waals surface area contributed by atoms with Crippen LogP contribution in [0.5, 0.6) is 5.88 Å². The molecule has 0 aliphatic carbocycles. The molecule has 0 fully saturated rings. The number of nitrogens with zero attached hydrogens (tertiary/aromatic N) is 1. The maximum Gasteiger partial charge on any atom is 0.257 e. The lowest BCUT2D eigenvalue weighted by atomic mass is 10.2. The van der Waals surface area contributed by atoms with Gasteiger partial charge in [0.1, 0.15) is 12.4 Å². The number of hydrogen-bond acceptors (Lipinski definition) is 4. The van der Waals surface area contributed by atoms with Crippen LogP contribution < -0.4 is 10.1 Å². The average Bonchev–Trinajstić information content (AvgIpc) is 2.53. The molecule has 1 N–H and O–H groups in total. The van der Waals surface area contributed by atoms with E-state index in [4.69, 9.17) is 9.47 Å². The van der Waals surface area contributed by atoms with Crippen LogP contribution in [0.25, 0.3) is 0 Å². The van der Waals surface area contributed by atoms with E-state index in [1.54, 1.807) is 24.3 Å². The third kappa shape index (κ3) is 5.62. The Morgan fingerprint density at radius 2 is 1.92 bits per heavy atom. The fraction of sp³-hybridized carbons (Fsp3) is 0.333. The molecule has 0 aliphatic rings. The second kappa shape index (κ2) is 7.88. The molecule has 5 nitrogen and oxygen atoms in total. The molecule has 2 rings (SSSR count). The van der Waals surface area contributed by atoms with Crippen LogP contribution in [0.1, 0.15) is 31.1 Å². The monoisotopic (exact) mass is 332 g/mol. The molecule has 0 unspecified atom stereocenters. The number of nitrogens with one attached hydrogen (secondary N) is 1. The lowest BCUT2D eigenvalue weighted by Gasteiger charge is -2.19. The minimum atomic E-state index is -0.488. The summed E-state index contributed by atoms with van der Waals surface area (Å²) in [6.07, 6.45) is 1.39. The van der Waals surface area contributed by atoms with Crippen LogP contribution in [0.4, 0.5) is 10.1 Å². The first kappa shape index (κ1) is 17.9. The highest BCUT2D eigenvalue weighted by molar-refractivity contribution is 6.04. The zero-order chi connectivity index (χ0) is 17.6. The predicted octanol–water partition coefficient (Wildman–Crippen LogP) is 3.67. The zero-order valence-corrected chi connectivity index (χ0v) is 14.0. The number of halogens is 1. The molecule has 0 saturated carbocycles. The Balaban J connectivity index is 1.87. The molecule has 1 aromatic carbocycles. The maximum atomic E-state index is 13.5. The van der Waals surface area contributed by atoms with Crippen molar-refractivity contribution in [2.45, 2.75) is 26.4 Å². The number of pyridine rings is 1. The molecule has 0 aliphatic heterocycles. The van der Waals surface area contributed by atoms with Crippen molar-refractivity contribution in [3.63, 3.8) is 0 Å². The molecule has 0 saturated heterocycles. The second-order valence-electron chi connectivity index (χ2n) is 6.13. The Kier molecular flexibility index (Phi) is 5.87. The van der Waals surface area contributed by atoms with Crippen LogP contribution in [0.3, 0.4) is 0 Å². The quantitative estimate of drug-likeness (QED) is 0.820. The molecule has 2 aromatic rings. The second-order valence-corrected chi connectivity index (χ2v) is 6.13. The lowest BCUT2D eigenvalue weighted by Crippen LogP contribution is -2.22. The molecule has 0 radical (unpaired) electrons. The van der Waals surface area contributed by atoms with E-state index in [1.807, 2.05) is 20.8 Å². The molecule has 128 valence electrons. The molecule has 1 amide bonds. The Morgan fingerprint density at radius 1 is 1.17 bits per heavy atom. The van der Waals surface area contributed by atoms with Gasteiger partial charge in [-0.1, -0.05) is 12.1 Å². The highest BCUT2D eigenvalue weighted by Crippen LogP contribution is 2.15. The standard InChI is InChI=1S/C18H21FN2O3/c1-18(2,3)24-11-10-23-16-9-8-13(12-20-16)17(22)21-15-7-5-4-6-14(15)19/h4-9,12H,10-11H2,1-3H3,(H,21,22). The van der Waals surface area contributed by atoms with Crippen LogP contribution in [-0.2, 0) is 4.74 Å². The van der Waals surface area contributed by atoms with Crippen molar-refractivity contribution in [3.05, 3.63) is 54.0 Å². The summed E-state index contributed by atoms with van der Waals surface area (Å²) in [6.45, 7) is 6.71. The molecule has 1 heterocycles. The van der Waals surface area contributed by atoms with Gasteiger partial charge in [-0.2, -0.15) is 0 Å². The van der Waals surface area contributed by atoms with E-state index in [0.29, 0.717) is 24.7 Å². The van der Waals surface area contributed by atoms with Gasteiger partial charge in [-0.25, -0.2) is 9.37 Å². The summed E-state index contributed by atoms with van der Waals surface area (Å²) >= 11 is 0. The number of benzene rings is 1. The fourth-order valence-electron chi connectivity index (χ4n) is 1.85. The highest BCUT2D eigenvalue weighted by atomic mass is 19.1. The maximum absolute atomic E-state index is 13.5. The Bertz CT molecular complexity index is 681. The van der Waals surface area contributed by atoms with Gasteiger partial charge < -0.3 is 14.8 Å². The number of carbonyl (C=O) groups excluding carboxylic acids is 1. The summed E-state index contributed by atoms with van der Waals surface area (Å²) in [5.74, 6) is -0.525. The number of anilines is 1. The molecule has 6 heteroatoms. The van der Waals surface area contributed by atoms with Crippen molar-refractivity contribution in [3.8, 4) is 5.88 Å². The van der Waals surface area contributed by atoms with Crippen LogP contribution >= 0.6 is 0 Å². The van der Waals surface area contributed by atoms with Crippen molar-refractivity contribution in [2.24, 2.45) is 0 Å². The highest BCUT2D eigenvalue weighted by Gasteiger charge is 2.11. The van der Waals surface area contributed by atoms with E-state index in [9.17, 15) is 9.18 Å². The number of amides is 1. The third-order valence-electron chi connectivity index (χ3n) is 2.99. The summed E-state index contributed by atoms with van der Waals surface area (Å²) in [6, 6.07) is 9.14. The van der Waals surface area contributed by atoms with Crippen molar-refractivity contribution < 1.29 is 18.7 Å². The van der Waals surface area contributed by atoms with E-state index in [2.05, 4.69) is 10.3 Å². The Hall–Kier alpha value is -2.47. The molecule has 1 aromatic heterocycles. The number of hydrogen-bond donors (Lipinski definition) is 1. The average molecular weight is 332 g/mol. The van der Waals surface area contributed by atoms with E-state index >= 15 is 0 Å². The molecule has 0 atom stereocenters. The van der Waals surface area contributed by atoms with E-state index in [1.165, 1.54) is 18.3 Å². The predicted molar refractivity (Wildman–Crippen MR) is 89.8 cm³/mol. The lowest BCUT2D eigenvalue weighted by molar-refractivity contribution is -0.0168. The van der Waals surface area contributed by atoms with Crippen molar-refractivity contribution in [2.75, 3.05) is 18.5 Å². The van der Waals surface area contributed by atoms with E-state index in [0.717, 1.165) is 0 Å². The number of rotatable bonds is 6. The Morgan fingerprint density at radius 3 is 2.54 bits per heavy atom. The fourth-order valence-corrected chi connectivity index (χ4v) is 1.85. The SMILES string of the molecule is CC(C)(C)OCCOc1ccc(C(=O)Nc2ccccc2F)cn1. The van der Waals surface area contributed by atoms with Crippen LogP contribution in [-0.4, -0.2) is 29.7 Å². The van der Waals surface area contributed by atoms with Gasteiger partial charge in [-0.05, 0) is 39.0 Å². The van der Waals surface area contributed by atoms with Crippen LogP contribution in [0.2, 0.25) is 0 Å². The van der Waals surface area contributed by atoms with Crippen molar-refractivity contribution >= 4 is 11.6 Å². The number of ether oxygens (including phenoxy) is 2. The Labute approximate surface area is 140 Å². The van der Waals surface area contributed by atoms with Crippen molar-refractivity contribution in [1.82, 2.24) is 4.98 Å². The molecular weight excluding hydrogens is 311 g/mol. The minimum Gasteiger partial charge on any atom is -0.475 e. The topological polar surface area (TPSA) is 60.5 Å². The number of carbonyl (C=O) groups is 1. The molecular formula is C18H21FN2O3. The normalized spacial score (nSPS) is 11.2. The number of aromatic nitrogens is 1. The van der Waals surface area contributed by atoms with Gasteiger partial charge >= 0.3 is 0 Å². The minimum absolute atomic E-state index is 0.127.